The third-order valence-electron chi connectivity index (χ3n) is 6.06. The SMILES string of the molecule is O=C(CC1(c2ccc(Oc3ccc(Cl)cc3)cc2)CCN(S(=O)(=O)c2cccs2)CCS1(=O)=O)NO. The Morgan fingerprint density at radius 2 is 1.72 bits per heavy atom. The van der Waals surface area contributed by atoms with Gasteiger partial charge in [-0.25, -0.2) is 22.3 Å². The number of nitrogens with one attached hydrogen (secondary N) is 1. The molecule has 0 aliphatic carbocycles. The first-order chi connectivity index (χ1) is 17.1. The summed E-state index contributed by atoms with van der Waals surface area (Å²) >= 11 is 6.94. The van der Waals surface area contributed by atoms with Crippen LogP contribution in [0.5, 0.6) is 11.5 Å². The van der Waals surface area contributed by atoms with Gasteiger partial charge in [-0.3, -0.25) is 10.0 Å². The number of thiophene rings is 1. The van der Waals surface area contributed by atoms with Crippen LogP contribution in [0.25, 0.3) is 0 Å². The Bertz CT molecular complexity index is 1430. The summed E-state index contributed by atoms with van der Waals surface area (Å²) in [5.41, 5.74) is 1.80. The maximum Gasteiger partial charge on any atom is 0.252 e. The van der Waals surface area contributed by atoms with Gasteiger partial charge in [0, 0.05) is 18.1 Å². The average molecular weight is 571 g/mol. The minimum absolute atomic E-state index is 0.115. The first kappa shape index (κ1) is 26.6. The molecule has 13 heteroatoms. The van der Waals surface area contributed by atoms with E-state index in [0.29, 0.717) is 22.1 Å². The number of hydrogen-bond donors (Lipinski definition) is 2. The zero-order valence-corrected chi connectivity index (χ0v) is 22.0. The highest BCUT2D eigenvalue weighted by Crippen LogP contribution is 2.42. The van der Waals surface area contributed by atoms with Gasteiger partial charge in [0.15, 0.2) is 9.84 Å². The fraction of sp³-hybridized carbons (Fsp3) is 0.261. The number of carbonyl (C=O) groups excluding carboxylic acids is 1. The molecule has 1 atom stereocenters. The fourth-order valence-corrected chi connectivity index (χ4v) is 9.08. The molecular formula is C23H23ClN2O7S3. The van der Waals surface area contributed by atoms with Crippen molar-refractivity contribution in [3.05, 3.63) is 76.6 Å². The van der Waals surface area contributed by atoms with Gasteiger partial charge in [0.25, 0.3) is 10.0 Å². The highest BCUT2D eigenvalue weighted by molar-refractivity contribution is 7.93. The van der Waals surface area contributed by atoms with Gasteiger partial charge < -0.3 is 4.74 Å². The fourth-order valence-electron chi connectivity index (χ4n) is 4.16. The van der Waals surface area contributed by atoms with Crippen LogP contribution in [0, 0.1) is 0 Å². The Morgan fingerprint density at radius 1 is 1.08 bits per heavy atom. The molecule has 36 heavy (non-hydrogen) atoms. The van der Waals surface area contributed by atoms with Crippen LogP contribution in [0.15, 0.2) is 70.3 Å². The van der Waals surface area contributed by atoms with E-state index < -0.39 is 42.7 Å². The molecule has 1 amide bonds. The van der Waals surface area contributed by atoms with E-state index >= 15 is 0 Å². The van der Waals surface area contributed by atoms with Crippen LogP contribution in [0.2, 0.25) is 5.02 Å². The molecule has 3 aromatic rings. The molecule has 1 fully saturated rings. The van der Waals surface area contributed by atoms with Crippen LogP contribution in [0.4, 0.5) is 0 Å². The lowest BCUT2D eigenvalue weighted by atomic mass is 9.90. The molecule has 1 saturated heterocycles. The predicted molar refractivity (Wildman–Crippen MR) is 136 cm³/mol. The van der Waals surface area contributed by atoms with Crippen LogP contribution in [0.3, 0.4) is 0 Å². The molecule has 1 aliphatic rings. The van der Waals surface area contributed by atoms with Gasteiger partial charge in [0.1, 0.15) is 20.5 Å². The number of sulfonamides is 1. The zero-order chi connectivity index (χ0) is 26.0. The molecule has 192 valence electrons. The molecule has 2 N–H and O–H groups in total. The van der Waals surface area contributed by atoms with Crippen molar-refractivity contribution in [3.63, 3.8) is 0 Å². The number of hydrogen-bond acceptors (Lipinski definition) is 8. The lowest BCUT2D eigenvalue weighted by Crippen LogP contribution is -2.42. The summed E-state index contributed by atoms with van der Waals surface area (Å²) in [4.78, 5) is 12.3. The summed E-state index contributed by atoms with van der Waals surface area (Å²) in [6, 6.07) is 16.0. The number of amides is 1. The number of ether oxygens (including phenoxy) is 1. The summed E-state index contributed by atoms with van der Waals surface area (Å²) in [5.74, 6) is -0.428. The maximum absolute atomic E-state index is 13.6. The van der Waals surface area contributed by atoms with Crippen LogP contribution < -0.4 is 10.2 Å². The number of nitrogens with zero attached hydrogens (tertiary/aromatic N) is 1. The summed E-state index contributed by atoms with van der Waals surface area (Å²) in [6.07, 6.45) is -0.749. The van der Waals surface area contributed by atoms with E-state index in [-0.39, 0.29) is 23.7 Å². The normalized spacial score (nSPS) is 20.4. The van der Waals surface area contributed by atoms with Crippen molar-refractivity contribution in [2.24, 2.45) is 0 Å². The number of rotatable bonds is 7. The van der Waals surface area contributed by atoms with Crippen LogP contribution >= 0.6 is 22.9 Å². The third kappa shape index (κ3) is 5.29. The topological polar surface area (TPSA) is 130 Å². The van der Waals surface area contributed by atoms with Gasteiger partial charge in [-0.2, -0.15) is 4.31 Å². The monoisotopic (exact) mass is 570 g/mol. The Morgan fingerprint density at radius 3 is 2.31 bits per heavy atom. The van der Waals surface area contributed by atoms with Gasteiger partial charge in [0.05, 0.1) is 12.2 Å². The van der Waals surface area contributed by atoms with Gasteiger partial charge in [-0.15, -0.1) is 11.3 Å². The first-order valence-electron chi connectivity index (χ1n) is 10.8. The highest BCUT2D eigenvalue weighted by atomic mass is 35.5. The van der Waals surface area contributed by atoms with Crippen molar-refractivity contribution in [1.82, 2.24) is 9.79 Å². The van der Waals surface area contributed by atoms with E-state index in [1.165, 1.54) is 23.7 Å². The van der Waals surface area contributed by atoms with E-state index in [0.717, 1.165) is 15.6 Å². The number of sulfone groups is 1. The summed E-state index contributed by atoms with van der Waals surface area (Å²) < 4.78 is 58.7. The molecule has 1 aromatic heterocycles. The Labute approximate surface area is 218 Å². The molecule has 0 bridgehead atoms. The van der Waals surface area contributed by atoms with E-state index in [2.05, 4.69) is 0 Å². The second kappa shape index (κ2) is 10.5. The van der Waals surface area contributed by atoms with E-state index in [1.807, 2.05) is 0 Å². The second-order valence-corrected chi connectivity index (χ2v) is 14.2. The quantitative estimate of drug-likeness (QED) is 0.326. The largest absolute Gasteiger partial charge is 0.457 e. The summed E-state index contributed by atoms with van der Waals surface area (Å²) in [7, 11) is -7.94. The first-order valence-corrected chi connectivity index (χ1v) is 15.2. The van der Waals surface area contributed by atoms with Crippen molar-refractivity contribution in [2.75, 3.05) is 18.8 Å². The van der Waals surface area contributed by atoms with Gasteiger partial charge >= 0.3 is 0 Å². The standard InChI is InChI=1S/C23H23ClN2O7S3/c24-18-5-9-20(10-6-18)33-19-7-3-17(4-8-19)23(16-21(27)25-28)11-12-26(13-15-35(23,29)30)36(31,32)22-2-1-14-34-22/h1-10,14,28H,11-13,15-16H2,(H,25,27). The van der Waals surface area contributed by atoms with Crippen molar-refractivity contribution >= 4 is 48.7 Å². The van der Waals surface area contributed by atoms with Crippen LogP contribution in [-0.4, -0.2) is 51.1 Å². The van der Waals surface area contributed by atoms with Gasteiger partial charge in [-0.05, 0) is 59.8 Å². The molecule has 0 radical (unpaired) electrons. The molecule has 0 spiro atoms. The molecule has 2 aromatic carbocycles. The molecular weight excluding hydrogens is 548 g/mol. The Kier molecular flexibility index (Phi) is 7.74. The lowest BCUT2D eigenvalue weighted by molar-refractivity contribution is -0.130. The second-order valence-electron chi connectivity index (χ2n) is 8.19. The highest BCUT2D eigenvalue weighted by Gasteiger charge is 2.49. The van der Waals surface area contributed by atoms with Crippen molar-refractivity contribution in [2.45, 2.75) is 21.8 Å². The minimum atomic E-state index is -4.05. The summed E-state index contributed by atoms with van der Waals surface area (Å²) in [6.45, 7) is -0.371. The van der Waals surface area contributed by atoms with Crippen molar-refractivity contribution in [1.29, 1.82) is 0 Å². The Hall–Kier alpha value is -2.48. The Balaban J connectivity index is 1.68. The number of hydroxylamine groups is 1. The molecule has 2 heterocycles. The number of benzene rings is 2. The molecule has 1 unspecified atom stereocenters. The smallest absolute Gasteiger partial charge is 0.252 e. The lowest BCUT2D eigenvalue weighted by Gasteiger charge is -2.32. The zero-order valence-electron chi connectivity index (χ0n) is 18.8. The van der Waals surface area contributed by atoms with E-state index in [1.54, 1.807) is 47.8 Å². The van der Waals surface area contributed by atoms with Crippen molar-refractivity contribution < 1.29 is 31.6 Å². The number of carbonyl (C=O) groups is 1. The van der Waals surface area contributed by atoms with E-state index in [9.17, 15) is 26.8 Å². The maximum atomic E-state index is 13.6. The molecule has 1 aliphatic heterocycles. The molecule has 0 saturated carbocycles. The summed E-state index contributed by atoms with van der Waals surface area (Å²) in [5, 5.41) is 11.4. The van der Waals surface area contributed by atoms with Crippen molar-refractivity contribution in [3.8, 4) is 11.5 Å². The van der Waals surface area contributed by atoms with Gasteiger partial charge in [0.2, 0.25) is 5.91 Å². The molecule has 9 nitrogen and oxygen atoms in total. The van der Waals surface area contributed by atoms with E-state index in [4.69, 9.17) is 16.3 Å². The predicted octanol–water partition coefficient (Wildman–Crippen LogP) is 3.79. The number of halogens is 1. The average Bonchev–Trinajstić information content (AvgIpc) is 3.36. The van der Waals surface area contributed by atoms with Crippen LogP contribution in [0.1, 0.15) is 18.4 Å². The van der Waals surface area contributed by atoms with Gasteiger partial charge in [-0.1, -0.05) is 29.8 Å². The van der Waals surface area contributed by atoms with Crippen LogP contribution in [-0.2, 0) is 29.4 Å². The third-order valence-corrected chi connectivity index (χ3v) is 12.1. The minimum Gasteiger partial charge on any atom is -0.457 e. The molecule has 4 rings (SSSR count).